The van der Waals surface area contributed by atoms with Crippen LogP contribution in [0.3, 0.4) is 0 Å². The van der Waals surface area contributed by atoms with E-state index in [2.05, 4.69) is 22.1 Å². The molecule has 3 N–H and O–H groups in total. The third kappa shape index (κ3) is 6.79. The topological polar surface area (TPSA) is 102 Å². The predicted molar refractivity (Wildman–Crippen MR) is 157 cm³/mol. The first kappa shape index (κ1) is 31.4. The van der Waals surface area contributed by atoms with E-state index in [1.54, 1.807) is 0 Å². The van der Waals surface area contributed by atoms with Crippen molar-refractivity contribution in [3.05, 3.63) is 42.2 Å². The molecule has 2 amide bonds. The number of rotatable bonds is 8. The van der Waals surface area contributed by atoms with E-state index in [0.29, 0.717) is 45.2 Å². The van der Waals surface area contributed by atoms with Gasteiger partial charge in [-0.2, -0.15) is 0 Å². The van der Waals surface area contributed by atoms with Crippen LogP contribution in [0.5, 0.6) is 0 Å². The Bertz CT molecular complexity index is 1080. The van der Waals surface area contributed by atoms with Crippen molar-refractivity contribution in [3.63, 3.8) is 0 Å². The third-order valence-electron chi connectivity index (χ3n) is 8.66. The molecule has 3 fully saturated rings. The quantitative estimate of drug-likeness (QED) is 0.428. The number of carbonyl (C=O) groups excluding carboxylic acids is 2. The van der Waals surface area contributed by atoms with Gasteiger partial charge in [0.15, 0.2) is 0 Å². The van der Waals surface area contributed by atoms with Crippen LogP contribution in [0.15, 0.2) is 36.5 Å². The molecule has 216 valence electrons. The Morgan fingerprint density at radius 1 is 1.03 bits per heavy atom. The zero-order valence-electron chi connectivity index (χ0n) is 22.9. The van der Waals surface area contributed by atoms with Crippen LogP contribution in [0.1, 0.15) is 76.8 Å². The number of carbonyl (C=O) groups is 2. The lowest BCUT2D eigenvalue weighted by Crippen LogP contribution is -2.73. The highest BCUT2D eigenvalue weighted by Crippen LogP contribution is 2.37. The van der Waals surface area contributed by atoms with Crippen LogP contribution in [0, 0.1) is 0 Å². The molecule has 1 aromatic heterocycles. The van der Waals surface area contributed by atoms with Crippen molar-refractivity contribution < 1.29 is 14.7 Å². The molecule has 0 unspecified atom stereocenters. The molecule has 3 aliphatic rings. The van der Waals surface area contributed by atoms with Crippen LogP contribution in [-0.4, -0.2) is 73.5 Å². The normalized spacial score (nSPS) is 22.6. The van der Waals surface area contributed by atoms with Gasteiger partial charge in [0.1, 0.15) is 17.4 Å². The molecular formula is C29H43Cl2N5O3. The number of hydrogen-bond acceptors (Lipinski definition) is 5. The lowest BCUT2D eigenvalue weighted by atomic mass is 9.77. The van der Waals surface area contributed by atoms with Crippen molar-refractivity contribution in [2.45, 2.75) is 94.9 Å². The van der Waals surface area contributed by atoms with Crippen LogP contribution < -0.4 is 5.32 Å². The molecule has 3 heterocycles. The molecule has 1 spiro atoms. The maximum absolute atomic E-state index is 13.7. The molecule has 0 bridgehead atoms. The van der Waals surface area contributed by atoms with Gasteiger partial charge in [-0.05, 0) is 32.1 Å². The average Bonchev–Trinajstić information content (AvgIpc) is 3.38. The number of aromatic nitrogens is 2. The molecule has 10 heteroatoms. The van der Waals surface area contributed by atoms with E-state index in [1.165, 1.54) is 0 Å². The SMILES string of the molecule is CCCCN1C(=O)[C@@H](CC2(O)CCCCC2)NC(=O)C12CCN(Cc1c[nH]c(-c3ccccc3)n1)CC2.Cl.Cl. The first-order chi connectivity index (χ1) is 17.9. The molecule has 1 aliphatic carbocycles. The molecule has 2 aromatic rings. The van der Waals surface area contributed by atoms with Gasteiger partial charge in [-0.25, -0.2) is 4.98 Å². The monoisotopic (exact) mass is 579 g/mol. The highest BCUT2D eigenvalue weighted by Gasteiger charge is 2.54. The Kier molecular flexibility index (Phi) is 10.9. The van der Waals surface area contributed by atoms with E-state index in [9.17, 15) is 14.7 Å². The minimum Gasteiger partial charge on any atom is -0.390 e. The summed E-state index contributed by atoms with van der Waals surface area (Å²) >= 11 is 0. The summed E-state index contributed by atoms with van der Waals surface area (Å²) in [5, 5.41) is 14.2. The van der Waals surface area contributed by atoms with Gasteiger partial charge in [0.05, 0.1) is 11.3 Å². The van der Waals surface area contributed by atoms with Gasteiger partial charge in [-0.3, -0.25) is 14.5 Å². The Balaban J connectivity index is 0.00000210. The number of likely N-dealkylation sites (tertiary alicyclic amines) is 1. The summed E-state index contributed by atoms with van der Waals surface area (Å²) in [7, 11) is 0. The zero-order valence-corrected chi connectivity index (χ0v) is 24.5. The standard InChI is InChI=1S/C29H41N5O3.2ClH/c1-2-3-16-34-26(35)24(19-28(37)12-8-5-9-13-28)32-27(36)29(34)14-17-33(18-15-29)21-23-20-30-25(31-23)22-10-6-4-7-11-22;;/h4,6-7,10-11,20,24,37H,2-3,5,8-9,12-19,21H2,1H3,(H,30,31)(H,32,36);2*1H/t24-;;/m1../s1. The number of nitrogens with zero attached hydrogens (tertiary/aromatic N) is 3. The molecule has 1 atom stereocenters. The molecule has 2 saturated heterocycles. The smallest absolute Gasteiger partial charge is 0.246 e. The number of piperidine rings is 1. The summed E-state index contributed by atoms with van der Waals surface area (Å²) < 4.78 is 0. The molecule has 0 radical (unpaired) electrons. The van der Waals surface area contributed by atoms with Gasteiger partial charge < -0.3 is 20.3 Å². The molecule has 1 aromatic carbocycles. The highest BCUT2D eigenvalue weighted by atomic mass is 35.5. The zero-order chi connectivity index (χ0) is 25.9. The summed E-state index contributed by atoms with van der Waals surface area (Å²) in [6.45, 7) is 4.87. The maximum atomic E-state index is 13.7. The van der Waals surface area contributed by atoms with Crippen molar-refractivity contribution >= 4 is 36.6 Å². The minimum absolute atomic E-state index is 0. The number of aromatic amines is 1. The Hall–Kier alpha value is -2.13. The fourth-order valence-electron chi connectivity index (χ4n) is 6.44. The molecule has 5 rings (SSSR count). The number of amides is 2. The highest BCUT2D eigenvalue weighted by molar-refractivity contribution is 6.00. The van der Waals surface area contributed by atoms with E-state index in [1.807, 2.05) is 41.4 Å². The van der Waals surface area contributed by atoms with Gasteiger partial charge in [0, 0.05) is 44.4 Å². The summed E-state index contributed by atoms with van der Waals surface area (Å²) in [4.78, 5) is 39.6. The van der Waals surface area contributed by atoms with E-state index in [-0.39, 0.29) is 36.6 Å². The molecule has 2 aliphatic heterocycles. The fraction of sp³-hybridized carbons (Fsp3) is 0.621. The minimum atomic E-state index is -0.849. The number of aliphatic hydroxyl groups is 1. The number of nitrogens with one attached hydrogen (secondary N) is 2. The number of unbranched alkanes of at least 4 members (excludes halogenated alkanes) is 1. The second-order valence-corrected chi connectivity index (χ2v) is 11.3. The van der Waals surface area contributed by atoms with Gasteiger partial charge in [-0.15, -0.1) is 24.8 Å². The third-order valence-corrected chi connectivity index (χ3v) is 8.66. The number of piperazine rings is 1. The van der Waals surface area contributed by atoms with Crippen LogP contribution >= 0.6 is 24.8 Å². The van der Waals surface area contributed by atoms with Crippen LogP contribution in [0.2, 0.25) is 0 Å². The van der Waals surface area contributed by atoms with Crippen molar-refractivity contribution in [2.24, 2.45) is 0 Å². The fourth-order valence-corrected chi connectivity index (χ4v) is 6.44. The number of halogens is 2. The van der Waals surface area contributed by atoms with Crippen molar-refractivity contribution in [3.8, 4) is 11.4 Å². The van der Waals surface area contributed by atoms with Gasteiger partial charge in [0.2, 0.25) is 11.8 Å². The summed E-state index contributed by atoms with van der Waals surface area (Å²) in [6, 6.07) is 9.45. The van der Waals surface area contributed by atoms with E-state index >= 15 is 0 Å². The first-order valence-electron chi connectivity index (χ1n) is 14.1. The molecule has 1 saturated carbocycles. The summed E-state index contributed by atoms with van der Waals surface area (Å²) in [6.07, 6.45) is 9.85. The van der Waals surface area contributed by atoms with Crippen molar-refractivity contribution in [2.75, 3.05) is 19.6 Å². The van der Waals surface area contributed by atoms with E-state index in [4.69, 9.17) is 4.98 Å². The lowest BCUT2D eigenvalue weighted by Gasteiger charge is -2.52. The lowest BCUT2D eigenvalue weighted by molar-refractivity contribution is -0.163. The number of hydrogen-bond donors (Lipinski definition) is 3. The van der Waals surface area contributed by atoms with Crippen LogP contribution in [0.25, 0.3) is 11.4 Å². The molecule has 39 heavy (non-hydrogen) atoms. The number of imidazole rings is 1. The summed E-state index contributed by atoms with van der Waals surface area (Å²) in [5.41, 5.74) is 0.387. The largest absolute Gasteiger partial charge is 0.390 e. The van der Waals surface area contributed by atoms with Crippen LogP contribution in [-0.2, 0) is 16.1 Å². The van der Waals surface area contributed by atoms with Gasteiger partial charge in [0.25, 0.3) is 0 Å². The molecular weight excluding hydrogens is 537 g/mol. The van der Waals surface area contributed by atoms with Gasteiger partial charge >= 0.3 is 0 Å². The van der Waals surface area contributed by atoms with Crippen molar-refractivity contribution in [1.82, 2.24) is 25.1 Å². The maximum Gasteiger partial charge on any atom is 0.246 e. The molecule has 8 nitrogen and oxygen atoms in total. The first-order valence-corrected chi connectivity index (χ1v) is 14.1. The average molecular weight is 581 g/mol. The second-order valence-electron chi connectivity index (χ2n) is 11.3. The van der Waals surface area contributed by atoms with Crippen molar-refractivity contribution in [1.29, 1.82) is 0 Å². The Labute approximate surface area is 244 Å². The predicted octanol–water partition coefficient (Wildman–Crippen LogP) is 4.47. The Morgan fingerprint density at radius 3 is 2.38 bits per heavy atom. The summed E-state index contributed by atoms with van der Waals surface area (Å²) in [5.74, 6) is 0.802. The van der Waals surface area contributed by atoms with E-state index < -0.39 is 17.2 Å². The second kappa shape index (κ2) is 13.5. The van der Waals surface area contributed by atoms with E-state index in [0.717, 1.165) is 62.3 Å². The Morgan fingerprint density at radius 2 is 1.72 bits per heavy atom. The van der Waals surface area contributed by atoms with Gasteiger partial charge in [-0.1, -0.05) is 62.9 Å². The van der Waals surface area contributed by atoms with Crippen LogP contribution in [0.4, 0.5) is 0 Å². The number of benzene rings is 1. The number of H-pyrrole nitrogens is 1.